The molecule has 2 rings (SSSR count). The van der Waals surface area contributed by atoms with Crippen molar-refractivity contribution in [3.63, 3.8) is 0 Å². The van der Waals surface area contributed by atoms with Crippen molar-refractivity contribution in [3.05, 3.63) is 29.3 Å². The second kappa shape index (κ2) is 6.44. The lowest BCUT2D eigenvalue weighted by Crippen LogP contribution is -2.17. The Morgan fingerprint density at radius 1 is 1.47 bits per heavy atom. The first-order chi connectivity index (χ1) is 9.15. The fraction of sp³-hybridized carbons (Fsp3) is 0.417. The summed E-state index contributed by atoms with van der Waals surface area (Å²) in [5.41, 5.74) is 0. The highest BCUT2D eigenvalue weighted by molar-refractivity contribution is 7.15. The van der Waals surface area contributed by atoms with Gasteiger partial charge in [0.2, 0.25) is 5.91 Å². The summed E-state index contributed by atoms with van der Waals surface area (Å²) in [6.07, 6.45) is 6.42. The normalized spacial score (nSPS) is 10.6. The topological polar surface area (TPSA) is 71.8 Å². The summed E-state index contributed by atoms with van der Waals surface area (Å²) >= 11 is 1.49. The van der Waals surface area contributed by atoms with Crippen LogP contribution >= 0.6 is 11.3 Å². The SMILES string of the molecule is CC(=O)Nc1ncc(CNCCc2nccn2C)s1. The molecule has 0 aliphatic rings. The number of anilines is 1. The number of carbonyl (C=O) groups excluding carboxylic acids is 1. The van der Waals surface area contributed by atoms with Gasteiger partial charge >= 0.3 is 0 Å². The highest BCUT2D eigenvalue weighted by atomic mass is 32.1. The Hall–Kier alpha value is -1.73. The van der Waals surface area contributed by atoms with Crippen LogP contribution in [0.3, 0.4) is 0 Å². The number of imidazole rings is 1. The van der Waals surface area contributed by atoms with Crippen molar-refractivity contribution in [2.75, 3.05) is 11.9 Å². The van der Waals surface area contributed by atoms with E-state index in [1.807, 2.05) is 17.8 Å². The first-order valence-corrected chi connectivity index (χ1v) is 6.86. The lowest BCUT2D eigenvalue weighted by Gasteiger charge is -2.03. The Morgan fingerprint density at radius 3 is 3.00 bits per heavy atom. The Labute approximate surface area is 115 Å². The van der Waals surface area contributed by atoms with Crippen LogP contribution in [0.5, 0.6) is 0 Å². The van der Waals surface area contributed by atoms with Gasteiger partial charge in [-0.25, -0.2) is 9.97 Å². The van der Waals surface area contributed by atoms with Gasteiger partial charge in [-0.15, -0.1) is 11.3 Å². The van der Waals surface area contributed by atoms with Crippen molar-refractivity contribution in [1.29, 1.82) is 0 Å². The fourth-order valence-corrected chi connectivity index (χ4v) is 2.47. The number of carbonyl (C=O) groups is 1. The predicted octanol–water partition coefficient (Wildman–Crippen LogP) is 1.17. The smallest absolute Gasteiger partial charge is 0.223 e. The lowest BCUT2D eigenvalue weighted by molar-refractivity contribution is -0.114. The van der Waals surface area contributed by atoms with Gasteiger partial charge in [0.15, 0.2) is 5.13 Å². The van der Waals surface area contributed by atoms with Crippen LogP contribution in [0.4, 0.5) is 5.13 Å². The van der Waals surface area contributed by atoms with Gasteiger partial charge in [0.05, 0.1) is 0 Å². The third-order valence-electron chi connectivity index (χ3n) is 2.58. The molecule has 102 valence electrons. The van der Waals surface area contributed by atoms with Crippen LogP contribution in [0.15, 0.2) is 18.6 Å². The van der Waals surface area contributed by atoms with E-state index in [2.05, 4.69) is 20.6 Å². The number of hydrogen-bond donors (Lipinski definition) is 2. The number of aromatic nitrogens is 3. The van der Waals surface area contributed by atoms with Crippen LogP contribution in [0, 0.1) is 0 Å². The molecule has 0 atom stereocenters. The zero-order valence-corrected chi connectivity index (χ0v) is 11.8. The molecule has 0 aliphatic carbocycles. The van der Waals surface area contributed by atoms with Gasteiger partial charge in [-0.3, -0.25) is 4.79 Å². The summed E-state index contributed by atoms with van der Waals surface area (Å²) in [6, 6.07) is 0. The fourth-order valence-electron chi connectivity index (χ4n) is 1.65. The number of nitrogens with one attached hydrogen (secondary N) is 2. The summed E-state index contributed by atoms with van der Waals surface area (Å²) in [5, 5.41) is 6.66. The molecule has 0 aromatic carbocycles. The van der Waals surface area contributed by atoms with E-state index in [0.29, 0.717) is 5.13 Å². The minimum absolute atomic E-state index is 0.0939. The number of hydrogen-bond acceptors (Lipinski definition) is 5. The van der Waals surface area contributed by atoms with E-state index in [-0.39, 0.29) is 5.91 Å². The van der Waals surface area contributed by atoms with Crippen LogP contribution in [0.2, 0.25) is 0 Å². The maximum absolute atomic E-state index is 10.9. The molecule has 19 heavy (non-hydrogen) atoms. The average Bonchev–Trinajstić information content (AvgIpc) is 2.94. The minimum Gasteiger partial charge on any atom is -0.338 e. The number of thiazole rings is 1. The molecule has 0 radical (unpaired) electrons. The van der Waals surface area contributed by atoms with Crippen LogP contribution in [-0.4, -0.2) is 27.0 Å². The average molecular weight is 279 g/mol. The Balaban J connectivity index is 1.72. The standard InChI is InChI=1S/C12H17N5OS/c1-9(18)16-12-15-8-10(19-12)7-13-4-3-11-14-5-6-17(11)2/h5-6,8,13H,3-4,7H2,1-2H3,(H,15,16,18). The van der Waals surface area contributed by atoms with Crippen molar-refractivity contribution >= 4 is 22.4 Å². The molecule has 2 N–H and O–H groups in total. The summed E-state index contributed by atoms with van der Waals surface area (Å²) < 4.78 is 2.02. The first kappa shape index (κ1) is 13.7. The van der Waals surface area contributed by atoms with E-state index in [9.17, 15) is 4.79 Å². The largest absolute Gasteiger partial charge is 0.338 e. The molecule has 0 saturated heterocycles. The third-order valence-corrected chi connectivity index (χ3v) is 3.49. The zero-order chi connectivity index (χ0) is 13.7. The molecule has 0 bridgehead atoms. The molecule has 2 aromatic heterocycles. The number of rotatable bonds is 6. The molecular formula is C12H17N5OS. The second-order valence-corrected chi connectivity index (χ2v) is 5.31. The Bertz CT molecular complexity index is 548. The van der Waals surface area contributed by atoms with Crippen molar-refractivity contribution in [3.8, 4) is 0 Å². The maximum atomic E-state index is 10.9. The highest BCUT2D eigenvalue weighted by Crippen LogP contribution is 2.17. The van der Waals surface area contributed by atoms with Gasteiger partial charge in [0.25, 0.3) is 0 Å². The van der Waals surface area contributed by atoms with Crippen LogP contribution < -0.4 is 10.6 Å². The quantitative estimate of drug-likeness (QED) is 0.779. The van der Waals surface area contributed by atoms with Crippen LogP contribution in [0.25, 0.3) is 0 Å². The maximum Gasteiger partial charge on any atom is 0.223 e. The minimum atomic E-state index is -0.0939. The van der Waals surface area contributed by atoms with Gasteiger partial charge in [-0.2, -0.15) is 0 Å². The van der Waals surface area contributed by atoms with E-state index in [1.54, 1.807) is 12.4 Å². The third kappa shape index (κ3) is 4.15. The van der Waals surface area contributed by atoms with Crippen molar-refractivity contribution < 1.29 is 4.79 Å². The molecule has 2 heterocycles. The Kier molecular flexibility index (Phi) is 4.64. The van der Waals surface area contributed by atoms with E-state index in [0.717, 1.165) is 30.2 Å². The number of nitrogens with zero attached hydrogens (tertiary/aromatic N) is 3. The highest BCUT2D eigenvalue weighted by Gasteiger charge is 2.03. The van der Waals surface area contributed by atoms with E-state index in [4.69, 9.17) is 0 Å². The van der Waals surface area contributed by atoms with Gasteiger partial charge in [-0.05, 0) is 0 Å². The molecule has 0 aliphatic heterocycles. The zero-order valence-electron chi connectivity index (χ0n) is 11.0. The Morgan fingerprint density at radius 2 is 2.32 bits per heavy atom. The van der Waals surface area contributed by atoms with Gasteiger partial charge in [0.1, 0.15) is 5.82 Å². The van der Waals surface area contributed by atoms with Gasteiger partial charge < -0.3 is 15.2 Å². The van der Waals surface area contributed by atoms with E-state index in [1.165, 1.54) is 18.3 Å². The van der Waals surface area contributed by atoms with E-state index >= 15 is 0 Å². The molecular weight excluding hydrogens is 262 g/mol. The first-order valence-electron chi connectivity index (χ1n) is 6.04. The van der Waals surface area contributed by atoms with E-state index < -0.39 is 0 Å². The molecule has 0 unspecified atom stereocenters. The van der Waals surface area contributed by atoms with Crippen LogP contribution in [-0.2, 0) is 24.8 Å². The molecule has 7 heteroatoms. The summed E-state index contributed by atoms with van der Waals surface area (Å²) in [7, 11) is 1.99. The second-order valence-electron chi connectivity index (χ2n) is 4.19. The monoisotopic (exact) mass is 279 g/mol. The summed E-state index contributed by atoms with van der Waals surface area (Å²) in [4.78, 5) is 20.4. The summed E-state index contributed by atoms with van der Waals surface area (Å²) in [5.74, 6) is 0.972. The van der Waals surface area contributed by atoms with Gasteiger partial charge in [-0.1, -0.05) is 0 Å². The molecule has 6 nitrogen and oxygen atoms in total. The molecule has 0 spiro atoms. The van der Waals surface area contributed by atoms with Crippen LogP contribution in [0.1, 0.15) is 17.6 Å². The molecule has 0 saturated carbocycles. The lowest BCUT2D eigenvalue weighted by atomic mass is 10.4. The van der Waals surface area contributed by atoms with Crippen molar-refractivity contribution in [2.24, 2.45) is 7.05 Å². The van der Waals surface area contributed by atoms with Crippen molar-refractivity contribution in [2.45, 2.75) is 19.9 Å². The predicted molar refractivity (Wildman–Crippen MR) is 75.0 cm³/mol. The number of amides is 1. The molecule has 1 amide bonds. The molecule has 0 fully saturated rings. The molecule has 2 aromatic rings. The summed E-state index contributed by atoms with van der Waals surface area (Å²) in [6.45, 7) is 3.09. The van der Waals surface area contributed by atoms with Crippen molar-refractivity contribution in [1.82, 2.24) is 19.9 Å². The number of aryl methyl sites for hydroxylation is 1. The van der Waals surface area contributed by atoms with Gasteiger partial charge in [0, 0.05) is 56.9 Å².